The average molecular weight is 242 g/mol. The second kappa shape index (κ2) is 4.92. The van der Waals surface area contributed by atoms with Crippen LogP contribution < -0.4 is 11.1 Å². The molecule has 0 atom stereocenters. The average Bonchev–Trinajstić information content (AvgIpc) is 2.32. The largest absolute Gasteiger partial charge is 0.399 e. The van der Waals surface area contributed by atoms with Crippen LogP contribution in [0.4, 0.5) is 15.8 Å². The van der Waals surface area contributed by atoms with Gasteiger partial charge in [0.15, 0.2) is 0 Å². The van der Waals surface area contributed by atoms with E-state index in [1.165, 1.54) is 12.1 Å². The fraction of sp³-hybridized carbons (Fsp3) is 0.0667. The summed E-state index contributed by atoms with van der Waals surface area (Å²) >= 11 is 0. The Bertz CT molecular complexity index is 591. The minimum Gasteiger partial charge on any atom is -0.399 e. The van der Waals surface area contributed by atoms with Crippen molar-refractivity contribution in [2.75, 3.05) is 11.1 Å². The molecule has 0 radical (unpaired) electrons. The molecule has 2 aromatic carbocycles. The van der Waals surface area contributed by atoms with Gasteiger partial charge < -0.3 is 11.1 Å². The molecule has 3 N–H and O–H groups in total. The molecule has 0 aliphatic rings. The maximum Gasteiger partial charge on any atom is 0.123 e. The fourth-order valence-electron chi connectivity index (χ4n) is 1.73. The second-order valence-corrected chi connectivity index (χ2v) is 4.19. The number of halogens is 1. The fourth-order valence-corrected chi connectivity index (χ4v) is 1.73. The first-order valence-electron chi connectivity index (χ1n) is 5.64. The first-order chi connectivity index (χ1) is 8.56. The van der Waals surface area contributed by atoms with Crippen molar-refractivity contribution in [2.24, 2.45) is 0 Å². The summed E-state index contributed by atoms with van der Waals surface area (Å²) in [5.74, 6) is -0.243. The number of aryl methyl sites for hydroxylation is 1. The van der Waals surface area contributed by atoms with E-state index >= 15 is 0 Å². The Morgan fingerprint density at radius 2 is 2.00 bits per heavy atom. The second-order valence-electron chi connectivity index (χ2n) is 4.19. The molecule has 0 aliphatic heterocycles. The molecular weight excluding hydrogens is 227 g/mol. The van der Waals surface area contributed by atoms with Gasteiger partial charge in [-0.3, -0.25) is 0 Å². The van der Waals surface area contributed by atoms with E-state index in [-0.39, 0.29) is 5.82 Å². The SMILES string of the molecule is C=C(Nc1ccc(F)cc1C)c1cccc(N)c1. The molecule has 0 saturated carbocycles. The first-order valence-corrected chi connectivity index (χ1v) is 5.64. The Morgan fingerprint density at radius 3 is 2.67 bits per heavy atom. The maximum atomic E-state index is 13.0. The Kier molecular flexibility index (Phi) is 3.33. The molecule has 3 heteroatoms. The molecule has 0 saturated heterocycles. The lowest BCUT2D eigenvalue weighted by atomic mass is 10.1. The standard InChI is InChI=1S/C15H15FN2/c1-10-8-13(16)6-7-15(10)18-11(2)12-4-3-5-14(17)9-12/h3-9,18H,2,17H2,1H3. The van der Waals surface area contributed by atoms with E-state index in [0.29, 0.717) is 5.69 Å². The molecule has 0 heterocycles. The molecule has 0 amide bonds. The van der Waals surface area contributed by atoms with Crippen molar-refractivity contribution < 1.29 is 4.39 Å². The lowest BCUT2D eigenvalue weighted by Gasteiger charge is -2.12. The molecule has 2 aromatic rings. The number of nitrogen functional groups attached to an aromatic ring is 1. The van der Waals surface area contributed by atoms with Crippen molar-refractivity contribution in [3.63, 3.8) is 0 Å². The van der Waals surface area contributed by atoms with Crippen LogP contribution in [0.5, 0.6) is 0 Å². The third-order valence-electron chi connectivity index (χ3n) is 2.71. The van der Waals surface area contributed by atoms with Gasteiger partial charge >= 0.3 is 0 Å². The van der Waals surface area contributed by atoms with Gasteiger partial charge in [-0.2, -0.15) is 0 Å². The summed E-state index contributed by atoms with van der Waals surface area (Å²) in [6, 6.07) is 12.0. The summed E-state index contributed by atoms with van der Waals surface area (Å²) in [6.07, 6.45) is 0. The molecule has 0 unspecified atom stereocenters. The summed E-state index contributed by atoms with van der Waals surface area (Å²) in [6.45, 7) is 5.81. The number of nitrogens with two attached hydrogens (primary N) is 1. The number of benzene rings is 2. The van der Waals surface area contributed by atoms with Gasteiger partial charge in [0.1, 0.15) is 5.82 Å². The Balaban J connectivity index is 2.21. The Labute approximate surface area is 106 Å². The van der Waals surface area contributed by atoms with Gasteiger partial charge in [-0.05, 0) is 48.4 Å². The predicted octanol–water partition coefficient (Wildman–Crippen LogP) is 3.80. The highest BCUT2D eigenvalue weighted by Crippen LogP contribution is 2.22. The van der Waals surface area contributed by atoms with E-state index in [1.54, 1.807) is 6.07 Å². The molecule has 0 fully saturated rings. The predicted molar refractivity (Wildman–Crippen MR) is 74.6 cm³/mol. The van der Waals surface area contributed by atoms with E-state index in [4.69, 9.17) is 5.73 Å². The molecule has 92 valence electrons. The van der Waals surface area contributed by atoms with Crippen LogP contribution in [0, 0.1) is 12.7 Å². The third-order valence-corrected chi connectivity index (χ3v) is 2.71. The summed E-state index contributed by atoms with van der Waals surface area (Å²) in [5.41, 5.74) is 9.73. The lowest BCUT2D eigenvalue weighted by Crippen LogP contribution is -2.00. The number of anilines is 2. The van der Waals surface area contributed by atoms with E-state index in [2.05, 4.69) is 11.9 Å². The summed E-state index contributed by atoms with van der Waals surface area (Å²) in [5, 5.41) is 3.16. The number of hydrogen-bond donors (Lipinski definition) is 2. The normalized spacial score (nSPS) is 10.1. The number of nitrogens with one attached hydrogen (secondary N) is 1. The summed E-state index contributed by atoms with van der Waals surface area (Å²) < 4.78 is 13.0. The minimum atomic E-state index is -0.243. The van der Waals surface area contributed by atoms with Crippen LogP contribution in [0.15, 0.2) is 49.0 Å². The lowest BCUT2D eigenvalue weighted by molar-refractivity contribution is 0.627. The van der Waals surface area contributed by atoms with Crippen molar-refractivity contribution in [3.8, 4) is 0 Å². The molecule has 2 nitrogen and oxygen atoms in total. The highest BCUT2D eigenvalue weighted by atomic mass is 19.1. The van der Waals surface area contributed by atoms with Crippen molar-refractivity contribution in [1.82, 2.24) is 0 Å². The molecule has 0 aliphatic carbocycles. The van der Waals surface area contributed by atoms with Crippen molar-refractivity contribution in [3.05, 3.63) is 66.0 Å². The first kappa shape index (κ1) is 12.2. The van der Waals surface area contributed by atoms with E-state index < -0.39 is 0 Å². The monoisotopic (exact) mass is 242 g/mol. The van der Waals surface area contributed by atoms with Gasteiger partial charge in [-0.15, -0.1) is 0 Å². The van der Waals surface area contributed by atoms with Gasteiger partial charge in [0.25, 0.3) is 0 Å². The molecule has 18 heavy (non-hydrogen) atoms. The Hall–Kier alpha value is -2.29. The van der Waals surface area contributed by atoms with Gasteiger partial charge in [0.2, 0.25) is 0 Å². The third kappa shape index (κ3) is 2.69. The topological polar surface area (TPSA) is 38.0 Å². The molecule has 0 bridgehead atoms. The Morgan fingerprint density at radius 1 is 1.22 bits per heavy atom. The molecular formula is C15H15FN2. The van der Waals surface area contributed by atoms with Crippen molar-refractivity contribution in [1.29, 1.82) is 0 Å². The number of hydrogen-bond acceptors (Lipinski definition) is 2. The van der Waals surface area contributed by atoms with Crippen LogP contribution in [0.25, 0.3) is 5.70 Å². The highest BCUT2D eigenvalue weighted by Gasteiger charge is 2.03. The van der Waals surface area contributed by atoms with Gasteiger partial charge in [0.05, 0.1) is 0 Å². The van der Waals surface area contributed by atoms with Crippen LogP contribution >= 0.6 is 0 Å². The smallest absolute Gasteiger partial charge is 0.123 e. The zero-order valence-electron chi connectivity index (χ0n) is 10.2. The van der Waals surface area contributed by atoms with E-state index in [9.17, 15) is 4.39 Å². The van der Waals surface area contributed by atoms with Crippen LogP contribution in [-0.4, -0.2) is 0 Å². The summed E-state index contributed by atoms with van der Waals surface area (Å²) in [7, 11) is 0. The quantitative estimate of drug-likeness (QED) is 0.803. The van der Waals surface area contributed by atoms with Gasteiger partial charge in [-0.1, -0.05) is 18.7 Å². The van der Waals surface area contributed by atoms with Gasteiger partial charge in [0, 0.05) is 17.1 Å². The summed E-state index contributed by atoms with van der Waals surface area (Å²) in [4.78, 5) is 0. The minimum absolute atomic E-state index is 0.243. The zero-order valence-corrected chi connectivity index (χ0v) is 10.2. The van der Waals surface area contributed by atoms with Crippen molar-refractivity contribution >= 4 is 17.1 Å². The zero-order chi connectivity index (χ0) is 13.1. The van der Waals surface area contributed by atoms with Crippen LogP contribution in [-0.2, 0) is 0 Å². The maximum absolute atomic E-state index is 13.0. The van der Waals surface area contributed by atoms with Crippen LogP contribution in [0.3, 0.4) is 0 Å². The van der Waals surface area contributed by atoms with Gasteiger partial charge in [-0.25, -0.2) is 4.39 Å². The van der Waals surface area contributed by atoms with E-state index in [1.807, 2.05) is 31.2 Å². The highest BCUT2D eigenvalue weighted by molar-refractivity contribution is 5.77. The van der Waals surface area contributed by atoms with E-state index in [0.717, 1.165) is 22.5 Å². The molecule has 0 spiro atoms. The van der Waals surface area contributed by atoms with Crippen LogP contribution in [0.1, 0.15) is 11.1 Å². The van der Waals surface area contributed by atoms with Crippen molar-refractivity contribution in [2.45, 2.75) is 6.92 Å². The number of rotatable bonds is 3. The molecule has 0 aromatic heterocycles. The van der Waals surface area contributed by atoms with Crippen LogP contribution in [0.2, 0.25) is 0 Å². The molecule has 2 rings (SSSR count).